The highest BCUT2D eigenvalue weighted by Crippen LogP contribution is 2.22. The molecule has 0 aromatic rings. The van der Waals surface area contributed by atoms with Crippen LogP contribution in [-0.2, 0) is 4.74 Å². The zero-order chi connectivity index (χ0) is 10.4. The fraction of sp³-hybridized carbons (Fsp3) is 1.00. The van der Waals surface area contributed by atoms with E-state index in [0.717, 1.165) is 12.5 Å². The number of rotatable bonds is 6. The van der Waals surface area contributed by atoms with E-state index >= 15 is 0 Å². The Morgan fingerprint density at radius 2 is 2.36 bits per heavy atom. The lowest BCUT2D eigenvalue weighted by atomic mass is 10.0. The highest BCUT2D eigenvalue weighted by Gasteiger charge is 2.26. The second-order valence-corrected chi connectivity index (χ2v) is 4.28. The van der Waals surface area contributed by atoms with E-state index in [0.29, 0.717) is 12.6 Å². The monoisotopic (exact) mass is 200 g/mol. The van der Waals surface area contributed by atoms with E-state index in [1.54, 1.807) is 7.11 Å². The van der Waals surface area contributed by atoms with Gasteiger partial charge >= 0.3 is 0 Å². The summed E-state index contributed by atoms with van der Waals surface area (Å²) in [7, 11) is 1.75. The molecule has 2 unspecified atom stereocenters. The SMILES string of the molecule is CCCC1CCN(C(CN)COC)C1. The third-order valence-corrected chi connectivity index (χ3v) is 3.16. The van der Waals surface area contributed by atoms with Crippen LogP contribution in [0.5, 0.6) is 0 Å². The van der Waals surface area contributed by atoms with Gasteiger partial charge < -0.3 is 10.5 Å². The van der Waals surface area contributed by atoms with E-state index in [1.807, 2.05) is 0 Å². The molecule has 1 heterocycles. The van der Waals surface area contributed by atoms with Crippen molar-refractivity contribution < 1.29 is 4.74 Å². The van der Waals surface area contributed by atoms with Crippen molar-refractivity contribution >= 4 is 0 Å². The van der Waals surface area contributed by atoms with Crippen LogP contribution in [0.3, 0.4) is 0 Å². The number of ether oxygens (including phenoxy) is 1. The molecule has 0 aromatic heterocycles. The van der Waals surface area contributed by atoms with Gasteiger partial charge in [-0.3, -0.25) is 4.90 Å². The van der Waals surface area contributed by atoms with Gasteiger partial charge in [-0.1, -0.05) is 13.3 Å². The van der Waals surface area contributed by atoms with E-state index in [2.05, 4.69) is 11.8 Å². The van der Waals surface area contributed by atoms with Crippen molar-refractivity contribution in [1.82, 2.24) is 4.90 Å². The summed E-state index contributed by atoms with van der Waals surface area (Å²) in [5.41, 5.74) is 5.74. The Hall–Kier alpha value is -0.120. The first-order chi connectivity index (χ1) is 6.81. The molecule has 1 saturated heterocycles. The molecule has 2 N–H and O–H groups in total. The lowest BCUT2D eigenvalue weighted by Crippen LogP contribution is -2.42. The molecule has 0 saturated carbocycles. The number of likely N-dealkylation sites (tertiary alicyclic amines) is 1. The van der Waals surface area contributed by atoms with Crippen LogP contribution in [0, 0.1) is 5.92 Å². The van der Waals surface area contributed by atoms with Crippen LogP contribution in [0.2, 0.25) is 0 Å². The van der Waals surface area contributed by atoms with Crippen molar-refractivity contribution in [2.45, 2.75) is 32.2 Å². The Labute approximate surface area is 87.6 Å². The van der Waals surface area contributed by atoms with E-state index in [-0.39, 0.29) is 0 Å². The fourth-order valence-electron chi connectivity index (χ4n) is 2.35. The van der Waals surface area contributed by atoms with Crippen molar-refractivity contribution in [2.75, 3.05) is 33.4 Å². The average molecular weight is 200 g/mol. The molecule has 0 bridgehead atoms. The maximum atomic E-state index is 5.74. The first-order valence-electron chi connectivity index (χ1n) is 5.74. The summed E-state index contributed by atoms with van der Waals surface area (Å²) in [5.74, 6) is 0.894. The third-order valence-electron chi connectivity index (χ3n) is 3.16. The molecule has 84 valence electrons. The molecule has 0 aromatic carbocycles. The zero-order valence-electron chi connectivity index (χ0n) is 9.54. The van der Waals surface area contributed by atoms with Crippen molar-refractivity contribution in [1.29, 1.82) is 0 Å². The van der Waals surface area contributed by atoms with Crippen LogP contribution in [0.25, 0.3) is 0 Å². The third kappa shape index (κ3) is 3.23. The number of nitrogens with two attached hydrogens (primary N) is 1. The summed E-state index contributed by atoms with van der Waals surface area (Å²) in [4.78, 5) is 2.49. The van der Waals surface area contributed by atoms with Gasteiger partial charge in [-0.25, -0.2) is 0 Å². The van der Waals surface area contributed by atoms with Crippen LogP contribution in [0.4, 0.5) is 0 Å². The molecule has 0 radical (unpaired) electrons. The van der Waals surface area contributed by atoms with Crippen LogP contribution >= 0.6 is 0 Å². The predicted octanol–water partition coefficient (Wildman–Crippen LogP) is 1.08. The van der Waals surface area contributed by atoms with Gasteiger partial charge in [0.1, 0.15) is 0 Å². The summed E-state index contributed by atoms with van der Waals surface area (Å²) in [6.45, 7) is 6.18. The number of nitrogens with zero attached hydrogens (tertiary/aromatic N) is 1. The molecule has 0 spiro atoms. The average Bonchev–Trinajstić information content (AvgIpc) is 2.63. The van der Waals surface area contributed by atoms with Gasteiger partial charge in [0, 0.05) is 26.2 Å². The second-order valence-electron chi connectivity index (χ2n) is 4.28. The molecule has 1 rings (SSSR count). The maximum absolute atomic E-state index is 5.74. The van der Waals surface area contributed by atoms with Crippen LogP contribution in [0.1, 0.15) is 26.2 Å². The highest BCUT2D eigenvalue weighted by molar-refractivity contribution is 4.81. The lowest BCUT2D eigenvalue weighted by Gasteiger charge is -2.25. The number of methoxy groups -OCH3 is 1. The van der Waals surface area contributed by atoms with Gasteiger partial charge in [-0.2, -0.15) is 0 Å². The van der Waals surface area contributed by atoms with Gasteiger partial charge in [0.05, 0.1) is 6.61 Å². The van der Waals surface area contributed by atoms with E-state index < -0.39 is 0 Å². The van der Waals surface area contributed by atoms with Gasteiger partial charge in [0.25, 0.3) is 0 Å². The highest BCUT2D eigenvalue weighted by atomic mass is 16.5. The summed E-state index contributed by atoms with van der Waals surface area (Å²) >= 11 is 0. The molecule has 14 heavy (non-hydrogen) atoms. The number of hydrogen-bond acceptors (Lipinski definition) is 3. The van der Waals surface area contributed by atoms with Crippen molar-refractivity contribution in [3.05, 3.63) is 0 Å². The van der Waals surface area contributed by atoms with Gasteiger partial charge in [0.2, 0.25) is 0 Å². The second kappa shape index (κ2) is 6.38. The van der Waals surface area contributed by atoms with Crippen LogP contribution in [-0.4, -0.2) is 44.3 Å². The Morgan fingerprint density at radius 1 is 1.57 bits per heavy atom. The summed E-state index contributed by atoms with van der Waals surface area (Å²) < 4.78 is 5.18. The lowest BCUT2D eigenvalue weighted by molar-refractivity contribution is 0.107. The predicted molar refractivity (Wildman–Crippen MR) is 59.3 cm³/mol. The molecule has 3 heteroatoms. The minimum absolute atomic E-state index is 0.432. The Morgan fingerprint density at radius 3 is 2.93 bits per heavy atom. The molecule has 1 fully saturated rings. The smallest absolute Gasteiger partial charge is 0.0630 e. The molecule has 0 amide bonds. The quantitative estimate of drug-likeness (QED) is 0.697. The van der Waals surface area contributed by atoms with E-state index in [4.69, 9.17) is 10.5 Å². The maximum Gasteiger partial charge on any atom is 0.0630 e. The molecule has 1 aliphatic rings. The normalized spacial score (nSPS) is 25.5. The number of hydrogen-bond donors (Lipinski definition) is 1. The van der Waals surface area contributed by atoms with Gasteiger partial charge in [-0.05, 0) is 25.3 Å². The molecule has 1 aliphatic heterocycles. The summed E-state index contributed by atoms with van der Waals surface area (Å²) in [6, 6.07) is 0.432. The van der Waals surface area contributed by atoms with E-state index in [1.165, 1.54) is 32.4 Å². The molecule has 2 atom stereocenters. The first-order valence-corrected chi connectivity index (χ1v) is 5.74. The Bertz CT molecular complexity index is 152. The largest absolute Gasteiger partial charge is 0.383 e. The first kappa shape index (κ1) is 12.0. The molecular weight excluding hydrogens is 176 g/mol. The standard InChI is InChI=1S/C11H24N2O/c1-3-4-10-5-6-13(8-10)11(7-12)9-14-2/h10-11H,3-9,12H2,1-2H3. The van der Waals surface area contributed by atoms with Crippen molar-refractivity contribution in [2.24, 2.45) is 11.7 Å². The minimum Gasteiger partial charge on any atom is -0.383 e. The topological polar surface area (TPSA) is 38.5 Å². The van der Waals surface area contributed by atoms with Crippen molar-refractivity contribution in [3.63, 3.8) is 0 Å². The minimum atomic E-state index is 0.432. The zero-order valence-corrected chi connectivity index (χ0v) is 9.54. The molecule has 0 aliphatic carbocycles. The van der Waals surface area contributed by atoms with Gasteiger partial charge in [0.15, 0.2) is 0 Å². The Kier molecular flexibility index (Phi) is 5.45. The van der Waals surface area contributed by atoms with Gasteiger partial charge in [-0.15, -0.1) is 0 Å². The fourth-order valence-corrected chi connectivity index (χ4v) is 2.35. The summed E-state index contributed by atoms with van der Waals surface area (Å²) in [5, 5.41) is 0. The molecular formula is C11H24N2O. The van der Waals surface area contributed by atoms with Crippen LogP contribution < -0.4 is 5.73 Å². The summed E-state index contributed by atoms with van der Waals surface area (Å²) in [6.07, 6.45) is 4.00. The van der Waals surface area contributed by atoms with E-state index in [9.17, 15) is 0 Å². The van der Waals surface area contributed by atoms with Crippen LogP contribution in [0.15, 0.2) is 0 Å². The molecule has 3 nitrogen and oxygen atoms in total. The van der Waals surface area contributed by atoms with Crippen molar-refractivity contribution in [3.8, 4) is 0 Å². The Balaban J connectivity index is 2.31.